The van der Waals surface area contributed by atoms with Crippen molar-refractivity contribution in [3.8, 4) is 11.3 Å². The molecule has 0 fully saturated rings. The highest BCUT2D eigenvalue weighted by Gasteiger charge is 2.15. The van der Waals surface area contributed by atoms with Crippen LogP contribution in [0.15, 0.2) is 24.5 Å². The molecular formula is C11H7ClF2N2O. The van der Waals surface area contributed by atoms with E-state index in [0.29, 0.717) is 0 Å². The minimum atomic E-state index is -0.766. The molecule has 17 heavy (non-hydrogen) atoms. The Labute approximate surface area is 101 Å². The highest BCUT2D eigenvalue weighted by Crippen LogP contribution is 2.25. The quantitative estimate of drug-likeness (QED) is 0.840. The summed E-state index contributed by atoms with van der Waals surface area (Å²) < 4.78 is 27.3. The third kappa shape index (κ3) is 2.25. The van der Waals surface area contributed by atoms with Gasteiger partial charge >= 0.3 is 0 Å². The summed E-state index contributed by atoms with van der Waals surface area (Å²) >= 11 is 5.50. The molecule has 3 nitrogen and oxygen atoms in total. The van der Waals surface area contributed by atoms with E-state index in [0.717, 1.165) is 12.3 Å². The standard InChI is InChI=1S/C11H7ClF2N2O/c12-9-3-8(13)7(4-16-9)11-10(14)6(5-17)1-2-15-11/h1-4,17H,5H2. The molecule has 1 N–H and O–H groups in total. The number of pyridine rings is 2. The Morgan fingerprint density at radius 2 is 2.06 bits per heavy atom. The molecule has 6 heteroatoms. The van der Waals surface area contributed by atoms with Gasteiger partial charge in [-0.2, -0.15) is 0 Å². The molecule has 0 spiro atoms. The number of halogens is 3. The van der Waals surface area contributed by atoms with Gasteiger partial charge in [-0.1, -0.05) is 11.6 Å². The molecule has 2 rings (SSSR count). The van der Waals surface area contributed by atoms with Gasteiger partial charge in [-0.15, -0.1) is 0 Å². The van der Waals surface area contributed by atoms with Crippen LogP contribution in [0.1, 0.15) is 5.56 Å². The molecule has 0 bridgehead atoms. The molecule has 0 saturated carbocycles. The molecule has 0 aliphatic carbocycles. The van der Waals surface area contributed by atoms with Crippen molar-refractivity contribution in [3.05, 3.63) is 46.9 Å². The van der Waals surface area contributed by atoms with E-state index >= 15 is 0 Å². The fourth-order valence-corrected chi connectivity index (χ4v) is 1.52. The van der Waals surface area contributed by atoms with Crippen molar-refractivity contribution >= 4 is 11.6 Å². The number of aromatic nitrogens is 2. The fourth-order valence-electron chi connectivity index (χ4n) is 1.38. The minimum Gasteiger partial charge on any atom is -0.392 e. The lowest BCUT2D eigenvalue weighted by Crippen LogP contribution is -1.98. The monoisotopic (exact) mass is 256 g/mol. The van der Waals surface area contributed by atoms with E-state index in [1.807, 2.05) is 0 Å². The number of nitrogens with zero attached hydrogens (tertiary/aromatic N) is 2. The maximum Gasteiger partial charge on any atom is 0.155 e. The SMILES string of the molecule is OCc1ccnc(-c2cnc(Cl)cc2F)c1F. The number of hydrogen-bond donors (Lipinski definition) is 1. The van der Waals surface area contributed by atoms with Gasteiger partial charge in [0.1, 0.15) is 16.7 Å². The first-order valence-corrected chi connectivity index (χ1v) is 5.07. The number of rotatable bonds is 2. The van der Waals surface area contributed by atoms with Gasteiger partial charge in [0.15, 0.2) is 5.82 Å². The molecule has 0 amide bonds. The average molecular weight is 257 g/mol. The van der Waals surface area contributed by atoms with Crippen LogP contribution in [-0.4, -0.2) is 15.1 Å². The normalized spacial score (nSPS) is 10.6. The van der Waals surface area contributed by atoms with Crippen LogP contribution < -0.4 is 0 Å². The van der Waals surface area contributed by atoms with Crippen molar-refractivity contribution in [1.82, 2.24) is 9.97 Å². The van der Waals surface area contributed by atoms with Crippen LogP contribution in [0.4, 0.5) is 8.78 Å². The van der Waals surface area contributed by atoms with E-state index < -0.39 is 18.2 Å². The summed E-state index contributed by atoms with van der Waals surface area (Å²) in [5.41, 5.74) is -0.246. The number of aliphatic hydroxyl groups is 1. The molecule has 2 aromatic heterocycles. The third-order valence-electron chi connectivity index (χ3n) is 2.21. The Morgan fingerprint density at radius 3 is 2.71 bits per heavy atom. The Morgan fingerprint density at radius 1 is 1.29 bits per heavy atom. The van der Waals surface area contributed by atoms with Gasteiger partial charge in [-0.05, 0) is 6.07 Å². The first-order chi connectivity index (χ1) is 8.13. The third-order valence-corrected chi connectivity index (χ3v) is 2.42. The summed E-state index contributed by atoms with van der Waals surface area (Å²) in [5.74, 6) is -1.48. The second-order valence-corrected chi connectivity index (χ2v) is 3.66. The van der Waals surface area contributed by atoms with Gasteiger partial charge in [0.25, 0.3) is 0 Å². The van der Waals surface area contributed by atoms with Crippen molar-refractivity contribution in [2.75, 3.05) is 0 Å². The lowest BCUT2D eigenvalue weighted by Gasteiger charge is -2.06. The molecule has 0 saturated heterocycles. The van der Waals surface area contributed by atoms with Crippen LogP contribution in [0.5, 0.6) is 0 Å². The zero-order chi connectivity index (χ0) is 12.4. The van der Waals surface area contributed by atoms with Crippen molar-refractivity contribution in [3.63, 3.8) is 0 Å². The van der Waals surface area contributed by atoms with E-state index in [1.165, 1.54) is 12.3 Å². The lowest BCUT2D eigenvalue weighted by molar-refractivity contribution is 0.275. The molecule has 0 atom stereocenters. The van der Waals surface area contributed by atoms with E-state index in [-0.39, 0.29) is 22.0 Å². The molecule has 0 aliphatic heterocycles. The highest BCUT2D eigenvalue weighted by atomic mass is 35.5. The largest absolute Gasteiger partial charge is 0.392 e. The number of aliphatic hydroxyl groups excluding tert-OH is 1. The summed E-state index contributed by atoms with van der Waals surface area (Å²) in [6.07, 6.45) is 2.39. The summed E-state index contributed by atoms with van der Waals surface area (Å²) in [6, 6.07) is 2.30. The Hall–Kier alpha value is -1.59. The van der Waals surface area contributed by atoms with Crippen molar-refractivity contribution in [2.45, 2.75) is 6.61 Å². The second kappa shape index (κ2) is 4.73. The van der Waals surface area contributed by atoms with E-state index in [4.69, 9.17) is 16.7 Å². The predicted molar refractivity (Wildman–Crippen MR) is 58.3 cm³/mol. The van der Waals surface area contributed by atoms with Crippen LogP contribution in [0.25, 0.3) is 11.3 Å². The average Bonchev–Trinajstić information content (AvgIpc) is 2.30. The summed E-state index contributed by atoms with van der Waals surface area (Å²) in [5, 5.41) is 8.88. The fraction of sp³-hybridized carbons (Fsp3) is 0.0909. The van der Waals surface area contributed by atoms with Crippen LogP contribution in [0.3, 0.4) is 0 Å². The topological polar surface area (TPSA) is 46.0 Å². The smallest absolute Gasteiger partial charge is 0.155 e. The van der Waals surface area contributed by atoms with Gasteiger partial charge in [0, 0.05) is 24.0 Å². The van der Waals surface area contributed by atoms with Gasteiger partial charge in [0.05, 0.1) is 12.2 Å². The van der Waals surface area contributed by atoms with Gasteiger partial charge < -0.3 is 5.11 Å². The Bertz CT molecular complexity index is 563. The van der Waals surface area contributed by atoms with Crippen molar-refractivity contribution in [2.24, 2.45) is 0 Å². The van der Waals surface area contributed by atoms with Crippen LogP contribution in [-0.2, 0) is 6.61 Å². The van der Waals surface area contributed by atoms with Crippen LogP contribution in [0, 0.1) is 11.6 Å². The van der Waals surface area contributed by atoms with E-state index in [1.54, 1.807) is 0 Å². The first kappa shape index (κ1) is 11.9. The molecule has 0 aliphatic rings. The van der Waals surface area contributed by atoms with Gasteiger partial charge in [-0.3, -0.25) is 4.98 Å². The number of hydrogen-bond acceptors (Lipinski definition) is 3. The van der Waals surface area contributed by atoms with Crippen molar-refractivity contribution < 1.29 is 13.9 Å². The van der Waals surface area contributed by atoms with Crippen molar-refractivity contribution in [1.29, 1.82) is 0 Å². The Kier molecular flexibility index (Phi) is 3.31. The molecule has 0 radical (unpaired) electrons. The van der Waals surface area contributed by atoms with Gasteiger partial charge in [0.2, 0.25) is 0 Å². The van der Waals surface area contributed by atoms with E-state index in [2.05, 4.69) is 9.97 Å². The summed E-state index contributed by atoms with van der Waals surface area (Å²) in [4.78, 5) is 7.41. The van der Waals surface area contributed by atoms with Crippen LogP contribution in [0.2, 0.25) is 5.15 Å². The Balaban J connectivity index is 2.60. The molecular weight excluding hydrogens is 250 g/mol. The lowest BCUT2D eigenvalue weighted by atomic mass is 10.1. The zero-order valence-electron chi connectivity index (χ0n) is 8.49. The highest BCUT2D eigenvalue weighted by molar-refractivity contribution is 6.29. The predicted octanol–water partition coefficient (Wildman–Crippen LogP) is 2.57. The zero-order valence-corrected chi connectivity index (χ0v) is 9.25. The molecule has 0 aromatic carbocycles. The van der Waals surface area contributed by atoms with Gasteiger partial charge in [-0.25, -0.2) is 13.8 Å². The van der Waals surface area contributed by atoms with Crippen LogP contribution >= 0.6 is 11.6 Å². The molecule has 2 aromatic rings. The summed E-state index contributed by atoms with van der Waals surface area (Å²) in [7, 11) is 0. The first-order valence-electron chi connectivity index (χ1n) is 4.69. The molecule has 2 heterocycles. The molecule has 88 valence electrons. The summed E-state index contributed by atoms with van der Waals surface area (Å²) in [6.45, 7) is -0.482. The maximum absolute atomic E-state index is 13.8. The maximum atomic E-state index is 13.8. The van der Waals surface area contributed by atoms with E-state index in [9.17, 15) is 8.78 Å². The molecule has 0 unspecified atom stereocenters. The minimum absolute atomic E-state index is 0.0232. The second-order valence-electron chi connectivity index (χ2n) is 3.28.